The van der Waals surface area contributed by atoms with Crippen LogP contribution in [0.5, 0.6) is 11.5 Å². The number of carbonyl (C=O) groups is 1. The molecule has 0 aliphatic rings. The molecule has 0 fully saturated rings. The molecule has 0 spiro atoms. The maximum absolute atomic E-state index is 13.6. The molecule has 0 aliphatic heterocycles. The van der Waals surface area contributed by atoms with Crippen LogP contribution in [0.1, 0.15) is 25.5 Å². The Morgan fingerprint density at radius 3 is 2.19 bits per heavy atom. The quantitative estimate of drug-likeness (QED) is 0.275. The molecular weight excluding hydrogens is 490 g/mol. The molecule has 4 aromatic rings. The summed E-state index contributed by atoms with van der Waals surface area (Å²) < 4.78 is 63.4. The number of rotatable bonds is 9. The van der Waals surface area contributed by atoms with Crippen molar-refractivity contribution >= 4 is 16.8 Å². The fraction of sp³-hybridized carbons (Fsp3) is 0.259. The number of aromatic nitrogens is 2. The van der Waals surface area contributed by atoms with E-state index in [0.717, 1.165) is 22.1 Å². The summed E-state index contributed by atoms with van der Waals surface area (Å²) in [5, 5.41) is 7.71. The van der Waals surface area contributed by atoms with Gasteiger partial charge in [0.2, 0.25) is 0 Å². The van der Waals surface area contributed by atoms with Gasteiger partial charge in [0, 0.05) is 12.3 Å². The SMILES string of the molecule is COc1ccc([C@@H]([C@H](C)NC(=O)C(C)(F)F)n2ncc3cc(-c4ccc(OC(F)F)cc4)ccc32)cc1. The van der Waals surface area contributed by atoms with E-state index in [9.17, 15) is 22.4 Å². The predicted molar refractivity (Wildman–Crippen MR) is 131 cm³/mol. The van der Waals surface area contributed by atoms with Crippen molar-refractivity contribution in [1.82, 2.24) is 15.1 Å². The zero-order chi connectivity index (χ0) is 26.7. The van der Waals surface area contributed by atoms with Crippen molar-refractivity contribution in [2.45, 2.75) is 38.5 Å². The molecule has 0 bridgehead atoms. The van der Waals surface area contributed by atoms with E-state index in [0.29, 0.717) is 18.2 Å². The summed E-state index contributed by atoms with van der Waals surface area (Å²) in [6, 6.07) is 17.6. The molecule has 194 valence electrons. The van der Waals surface area contributed by atoms with Crippen LogP contribution < -0.4 is 14.8 Å². The number of alkyl halides is 4. The Hall–Kier alpha value is -4.08. The zero-order valence-electron chi connectivity index (χ0n) is 20.3. The smallest absolute Gasteiger partial charge is 0.387 e. The molecule has 0 saturated carbocycles. The van der Waals surface area contributed by atoms with Gasteiger partial charge in [-0.3, -0.25) is 9.48 Å². The number of hydrogen-bond acceptors (Lipinski definition) is 4. The molecule has 0 saturated heterocycles. The van der Waals surface area contributed by atoms with Gasteiger partial charge in [0.15, 0.2) is 0 Å². The van der Waals surface area contributed by atoms with Crippen LogP contribution in [0, 0.1) is 0 Å². The second-order valence-corrected chi connectivity index (χ2v) is 8.63. The standard InChI is InChI=1S/C27H25F4N3O3/c1-16(33-25(35)27(2,30)31)24(18-6-9-21(36-3)10-7-18)34-23-13-8-19(14-20(23)15-32-34)17-4-11-22(12-5-17)37-26(28)29/h4-16,24,26H,1-3H3,(H,33,35)/t16-,24+/m0/s1. The lowest BCUT2D eigenvalue weighted by Gasteiger charge is -2.27. The van der Waals surface area contributed by atoms with E-state index in [2.05, 4.69) is 15.2 Å². The van der Waals surface area contributed by atoms with Crippen molar-refractivity contribution in [2.75, 3.05) is 7.11 Å². The minimum Gasteiger partial charge on any atom is -0.497 e. The molecule has 10 heteroatoms. The number of hydrogen-bond donors (Lipinski definition) is 1. The van der Waals surface area contributed by atoms with Gasteiger partial charge in [-0.05, 0) is 60.0 Å². The maximum Gasteiger partial charge on any atom is 0.387 e. The molecule has 4 rings (SSSR count). The number of nitrogens with zero attached hydrogens (tertiary/aromatic N) is 2. The molecule has 1 heterocycles. The Labute approximate surface area is 210 Å². The van der Waals surface area contributed by atoms with E-state index in [1.165, 1.54) is 19.2 Å². The third kappa shape index (κ3) is 5.84. The number of benzene rings is 3. The van der Waals surface area contributed by atoms with Crippen molar-refractivity contribution in [3.63, 3.8) is 0 Å². The Morgan fingerprint density at radius 2 is 1.59 bits per heavy atom. The summed E-state index contributed by atoms with van der Waals surface area (Å²) in [5.74, 6) is -4.23. The predicted octanol–water partition coefficient (Wildman–Crippen LogP) is 6.06. The topological polar surface area (TPSA) is 65.4 Å². The summed E-state index contributed by atoms with van der Waals surface area (Å²) in [6.07, 6.45) is 1.65. The van der Waals surface area contributed by atoms with E-state index in [4.69, 9.17) is 4.74 Å². The van der Waals surface area contributed by atoms with Gasteiger partial charge in [-0.25, -0.2) is 0 Å². The lowest BCUT2D eigenvalue weighted by atomic mass is 9.99. The first-order valence-corrected chi connectivity index (χ1v) is 11.4. The van der Waals surface area contributed by atoms with E-state index < -0.39 is 30.5 Å². The first-order chi connectivity index (χ1) is 17.6. The molecule has 37 heavy (non-hydrogen) atoms. The molecule has 6 nitrogen and oxygen atoms in total. The highest BCUT2D eigenvalue weighted by molar-refractivity contribution is 5.85. The molecular formula is C27H25F4N3O3. The van der Waals surface area contributed by atoms with Gasteiger partial charge < -0.3 is 14.8 Å². The number of fused-ring (bicyclic) bond motifs is 1. The Balaban J connectivity index is 1.70. The zero-order valence-corrected chi connectivity index (χ0v) is 20.3. The van der Waals surface area contributed by atoms with Crippen LogP contribution in [0.25, 0.3) is 22.0 Å². The fourth-order valence-electron chi connectivity index (χ4n) is 4.14. The number of carbonyl (C=O) groups excluding carboxylic acids is 1. The largest absolute Gasteiger partial charge is 0.497 e. The van der Waals surface area contributed by atoms with Gasteiger partial charge in [-0.1, -0.05) is 30.3 Å². The van der Waals surface area contributed by atoms with Crippen LogP contribution in [-0.4, -0.2) is 41.4 Å². The Morgan fingerprint density at radius 1 is 0.973 bits per heavy atom. The number of amides is 1. The average Bonchev–Trinajstić information content (AvgIpc) is 3.27. The lowest BCUT2D eigenvalue weighted by molar-refractivity contribution is -0.143. The van der Waals surface area contributed by atoms with Crippen LogP contribution in [0.4, 0.5) is 17.6 Å². The number of nitrogens with one attached hydrogen (secondary N) is 1. The first-order valence-electron chi connectivity index (χ1n) is 11.4. The summed E-state index contributed by atoms with van der Waals surface area (Å²) in [4.78, 5) is 12.1. The molecule has 1 amide bonds. The second kappa shape index (κ2) is 10.5. The number of methoxy groups -OCH3 is 1. The molecule has 0 unspecified atom stereocenters. The van der Waals surface area contributed by atoms with Crippen LogP contribution >= 0.6 is 0 Å². The highest BCUT2D eigenvalue weighted by Crippen LogP contribution is 2.31. The fourth-order valence-corrected chi connectivity index (χ4v) is 4.14. The maximum atomic E-state index is 13.6. The van der Waals surface area contributed by atoms with Crippen molar-refractivity contribution in [1.29, 1.82) is 0 Å². The van der Waals surface area contributed by atoms with Gasteiger partial charge in [-0.2, -0.15) is 22.7 Å². The minimum absolute atomic E-state index is 0.0590. The first kappa shape index (κ1) is 26.0. The van der Waals surface area contributed by atoms with Crippen molar-refractivity contribution in [2.24, 2.45) is 0 Å². The summed E-state index contributed by atoms with van der Waals surface area (Å²) in [5.41, 5.74) is 3.06. The third-order valence-electron chi connectivity index (χ3n) is 5.96. The van der Waals surface area contributed by atoms with Crippen LogP contribution in [-0.2, 0) is 4.79 Å². The van der Waals surface area contributed by atoms with E-state index in [1.807, 2.05) is 18.2 Å². The van der Waals surface area contributed by atoms with E-state index in [1.54, 1.807) is 54.2 Å². The molecule has 0 radical (unpaired) electrons. The van der Waals surface area contributed by atoms with Gasteiger partial charge in [0.05, 0.1) is 30.9 Å². The van der Waals surface area contributed by atoms with Crippen molar-refractivity contribution < 1.29 is 31.8 Å². The number of ether oxygens (including phenoxy) is 2. The summed E-state index contributed by atoms with van der Waals surface area (Å²) in [6.45, 7) is -0.708. The average molecular weight is 516 g/mol. The summed E-state index contributed by atoms with van der Waals surface area (Å²) >= 11 is 0. The highest BCUT2D eigenvalue weighted by Gasteiger charge is 2.35. The van der Waals surface area contributed by atoms with Crippen molar-refractivity contribution in [3.05, 3.63) is 78.5 Å². The van der Waals surface area contributed by atoms with Crippen LogP contribution in [0.15, 0.2) is 72.9 Å². The van der Waals surface area contributed by atoms with E-state index in [-0.39, 0.29) is 5.75 Å². The summed E-state index contributed by atoms with van der Waals surface area (Å²) in [7, 11) is 1.54. The monoisotopic (exact) mass is 515 g/mol. The number of halogens is 4. The highest BCUT2D eigenvalue weighted by atomic mass is 19.3. The molecule has 1 N–H and O–H groups in total. The third-order valence-corrected chi connectivity index (χ3v) is 5.96. The second-order valence-electron chi connectivity index (χ2n) is 8.63. The molecule has 1 aromatic heterocycles. The van der Waals surface area contributed by atoms with Crippen LogP contribution in [0.3, 0.4) is 0 Å². The molecule has 2 atom stereocenters. The van der Waals surface area contributed by atoms with Gasteiger partial charge in [0.25, 0.3) is 5.91 Å². The van der Waals surface area contributed by atoms with Crippen molar-refractivity contribution in [3.8, 4) is 22.6 Å². The minimum atomic E-state index is -3.53. The van der Waals surface area contributed by atoms with Gasteiger partial charge in [-0.15, -0.1) is 0 Å². The Kier molecular flexibility index (Phi) is 7.37. The molecule has 3 aromatic carbocycles. The van der Waals surface area contributed by atoms with Gasteiger partial charge in [0.1, 0.15) is 11.5 Å². The van der Waals surface area contributed by atoms with Gasteiger partial charge >= 0.3 is 12.5 Å². The Bertz CT molecular complexity index is 1370. The normalized spacial score (nSPS) is 13.4. The van der Waals surface area contributed by atoms with E-state index >= 15 is 0 Å². The van der Waals surface area contributed by atoms with Crippen LogP contribution in [0.2, 0.25) is 0 Å². The lowest BCUT2D eigenvalue weighted by Crippen LogP contribution is -2.46. The molecule has 0 aliphatic carbocycles.